The molecule has 0 N–H and O–H groups in total. The number of carbonyl (C=O) groups excluding carboxylic acids is 1. The largest absolute Gasteiger partial charge is 0.294 e. The van der Waals surface area contributed by atoms with Crippen LogP contribution in [0.3, 0.4) is 0 Å². The summed E-state index contributed by atoms with van der Waals surface area (Å²) in [5.74, 6) is 0.198. The Bertz CT molecular complexity index is 722. The molecule has 0 heterocycles. The summed E-state index contributed by atoms with van der Waals surface area (Å²) in [6.07, 6.45) is 0.478. The van der Waals surface area contributed by atoms with E-state index < -0.39 is 0 Å². The lowest BCUT2D eigenvalue weighted by atomic mass is 9.83. The third-order valence-electron chi connectivity index (χ3n) is 4.53. The fourth-order valence-electron chi connectivity index (χ4n) is 3.43. The van der Waals surface area contributed by atoms with Gasteiger partial charge in [-0.15, -0.1) is 0 Å². The molecule has 0 spiro atoms. The third-order valence-corrected chi connectivity index (χ3v) is 4.53. The van der Waals surface area contributed by atoms with E-state index in [9.17, 15) is 4.79 Å². The van der Waals surface area contributed by atoms with Gasteiger partial charge in [0, 0.05) is 12.0 Å². The van der Waals surface area contributed by atoms with E-state index in [0.717, 1.165) is 11.1 Å². The van der Waals surface area contributed by atoms with Crippen LogP contribution in [0.1, 0.15) is 64.5 Å². The number of hydrogen-bond donors (Lipinski definition) is 0. The number of Topliss-reactive ketones (excluding diaryl/α,β-unsaturated/α-hetero) is 1. The lowest BCUT2D eigenvalue weighted by molar-refractivity contribution is 0.0992. The van der Waals surface area contributed by atoms with Crippen LogP contribution < -0.4 is 0 Å². The predicted molar refractivity (Wildman–Crippen MR) is 98.6 cm³/mol. The van der Waals surface area contributed by atoms with Gasteiger partial charge in [-0.25, -0.2) is 0 Å². The molecule has 0 radical (unpaired) electrons. The summed E-state index contributed by atoms with van der Waals surface area (Å²) in [6, 6.07) is 10.4. The molecule has 0 saturated heterocycles. The molecule has 0 atom stereocenters. The zero-order valence-corrected chi connectivity index (χ0v) is 15.5. The average Bonchev–Trinajstić information content (AvgIpc) is 2.40. The number of aryl methyl sites for hydroxylation is 4. The Morgan fingerprint density at radius 3 is 1.91 bits per heavy atom. The van der Waals surface area contributed by atoms with Crippen molar-refractivity contribution in [3.05, 3.63) is 69.3 Å². The monoisotopic (exact) mass is 308 g/mol. The molecular weight excluding hydrogens is 280 g/mol. The Kier molecular flexibility index (Phi) is 4.79. The van der Waals surface area contributed by atoms with Gasteiger partial charge in [0.05, 0.1) is 0 Å². The number of ketones is 1. The van der Waals surface area contributed by atoms with Gasteiger partial charge >= 0.3 is 0 Å². The van der Waals surface area contributed by atoms with Crippen molar-refractivity contribution in [3.8, 4) is 0 Å². The highest BCUT2D eigenvalue weighted by Crippen LogP contribution is 2.27. The molecule has 1 heteroatoms. The van der Waals surface area contributed by atoms with Gasteiger partial charge in [-0.1, -0.05) is 50.6 Å². The van der Waals surface area contributed by atoms with Gasteiger partial charge in [-0.2, -0.15) is 0 Å². The standard InChI is InChI=1S/C22H28O/c1-14-10-15(2)19(16(3)11-14)13-21(23)18-8-9-20(17(4)12-18)22(5,6)7/h8-12H,13H2,1-7H3. The molecule has 1 nitrogen and oxygen atoms in total. The van der Waals surface area contributed by atoms with Gasteiger partial charge in [-0.05, 0) is 67.0 Å². The second-order valence-electron chi connectivity index (χ2n) is 7.76. The molecule has 122 valence electrons. The fraction of sp³-hybridized carbons (Fsp3) is 0.409. The molecule has 0 aromatic heterocycles. The smallest absolute Gasteiger partial charge is 0.167 e. The second-order valence-corrected chi connectivity index (χ2v) is 7.76. The van der Waals surface area contributed by atoms with Crippen molar-refractivity contribution in [2.45, 2.75) is 60.3 Å². The molecule has 0 unspecified atom stereocenters. The van der Waals surface area contributed by atoms with Gasteiger partial charge in [0.15, 0.2) is 5.78 Å². The van der Waals surface area contributed by atoms with Crippen LogP contribution in [0.2, 0.25) is 0 Å². The summed E-state index contributed by atoms with van der Waals surface area (Å²) in [6.45, 7) is 15.0. The van der Waals surface area contributed by atoms with Crippen LogP contribution in [0.5, 0.6) is 0 Å². The van der Waals surface area contributed by atoms with Crippen LogP contribution in [0.4, 0.5) is 0 Å². The lowest BCUT2D eigenvalue weighted by Gasteiger charge is -2.22. The molecule has 0 aliphatic rings. The SMILES string of the molecule is Cc1cc(C)c(CC(=O)c2ccc(C(C)(C)C)c(C)c2)c(C)c1. The number of carbonyl (C=O) groups is 1. The van der Waals surface area contributed by atoms with Crippen LogP contribution in [-0.2, 0) is 11.8 Å². The van der Waals surface area contributed by atoms with E-state index in [1.807, 2.05) is 12.1 Å². The topological polar surface area (TPSA) is 17.1 Å². The van der Waals surface area contributed by atoms with Gasteiger partial charge in [0.25, 0.3) is 0 Å². The Morgan fingerprint density at radius 1 is 0.870 bits per heavy atom. The van der Waals surface area contributed by atoms with Crippen LogP contribution in [0.25, 0.3) is 0 Å². The van der Waals surface area contributed by atoms with Crippen LogP contribution in [0.15, 0.2) is 30.3 Å². The third kappa shape index (κ3) is 3.90. The summed E-state index contributed by atoms with van der Waals surface area (Å²) in [7, 11) is 0. The molecule has 0 amide bonds. The van der Waals surface area contributed by atoms with Crippen LogP contribution >= 0.6 is 0 Å². The molecule has 0 aliphatic heterocycles. The number of hydrogen-bond acceptors (Lipinski definition) is 1. The minimum absolute atomic E-state index is 0.107. The highest BCUT2D eigenvalue weighted by atomic mass is 16.1. The normalized spacial score (nSPS) is 11.6. The Hall–Kier alpha value is -1.89. The van der Waals surface area contributed by atoms with Crippen molar-refractivity contribution >= 4 is 5.78 Å². The minimum atomic E-state index is 0.107. The molecular formula is C22H28O. The zero-order chi connectivity index (χ0) is 17.4. The second kappa shape index (κ2) is 6.31. The van der Waals surface area contributed by atoms with Gasteiger partial charge < -0.3 is 0 Å². The molecule has 0 aliphatic carbocycles. The molecule has 0 saturated carbocycles. The van der Waals surface area contributed by atoms with Crippen molar-refractivity contribution in [2.75, 3.05) is 0 Å². The van der Waals surface area contributed by atoms with Gasteiger partial charge in [-0.3, -0.25) is 4.79 Å². The van der Waals surface area contributed by atoms with Crippen LogP contribution in [0, 0.1) is 27.7 Å². The fourth-order valence-corrected chi connectivity index (χ4v) is 3.43. The molecule has 0 fully saturated rings. The summed E-state index contributed by atoms with van der Waals surface area (Å²) in [4.78, 5) is 12.7. The molecule has 2 rings (SSSR count). The highest BCUT2D eigenvalue weighted by molar-refractivity contribution is 5.98. The maximum atomic E-state index is 12.7. The Morgan fingerprint density at radius 2 is 1.43 bits per heavy atom. The summed E-state index contributed by atoms with van der Waals surface area (Å²) in [5.41, 5.74) is 8.25. The Labute approximate surface area is 140 Å². The maximum Gasteiger partial charge on any atom is 0.167 e. The van der Waals surface area contributed by atoms with Gasteiger partial charge in [0.1, 0.15) is 0 Å². The first-order valence-corrected chi connectivity index (χ1v) is 8.30. The van der Waals surface area contributed by atoms with E-state index in [4.69, 9.17) is 0 Å². The summed E-state index contributed by atoms with van der Waals surface area (Å²) in [5, 5.41) is 0. The van der Waals surface area contributed by atoms with E-state index >= 15 is 0 Å². The first-order valence-electron chi connectivity index (χ1n) is 8.30. The maximum absolute atomic E-state index is 12.7. The highest BCUT2D eigenvalue weighted by Gasteiger charge is 2.18. The van der Waals surface area contributed by atoms with Crippen LogP contribution in [-0.4, -0.2) is 5.78 Å². The minimum Gasteiger partial charge on any atom is -0.294 e. The van der Waals surface area contributed by atoms with Gasteiger partial charge in [0.2, 0.25) is 0 Å². The van der Waals surface area contributed by atoms with E-state index in [0.29, 0.717) is 6.42 Å². The quantitative estimate of drug-likeness (QED) is 0.670. The number of rotatable bonds is 3. The molecule has 2 aromatic rings. The molecule has 0 bridgehead atoms. The van der Waals surface area contributed by atoms with E-state index in [2.05, 4.69) is 66.7 Å². The predicted octanol–water partition coefficient (Wildman–Crippen LogP) is 5.64. The summed E-state index contributed by atoms with van der Waals surface area (Å²) < 4.78 is 0. The Balaban J connectivity index is 2.31. The first kappa shape index (κ1) is 17.5. The zero-order valence-electron chi connectivity index (χ0n) is 15.5. The van der Waals surface area contributed by atoms with Crippen molar-refractivity contribution in [1.82, 2.24) is 0 Å². The van der Waals surface area contributed by atoms with Crippen molar-refractivity contribution in [3.63, 3.8) is 0 Å². The average molecular weight is 308 g/mol. The lowest BCUT2D eigenvalue weighted by Crippen LogP contribution is -2.14. The molecule has 23 heavy (non-hydrogen) atoms. The van der Waals surface area contributed by atoms with Crippen molar-refractivity contribution in [2.24, 2.45) is 0 Å². The first-order chi connectivity index (χ1) is 10.6. The van der Waals surface area contributed by atoms with E-state index in [1.165, 1.54) is 27.8 Å². The van der Waals surface area contributed by atoms with Crippen molar-refractivity contribution in [1.29, 1.82) is 0 Å². The van der Waals surface area contributed by atoms with E-state index in [-0.39, 0.29) is 11.2 Å². The summed E-state index contributed by atoms with van der Waals surface area (Å²) >= 11 is 0. The molecule has 2 aromatic carbocycles. The van der Waals surface area contributed by atoms with Crippen molar-refractivity contribution < 1.29 is 4.79 Å². The number of benzene rings is 2. The van der Waals surface area contributed by atoms with E-state index in [1.54, 1.807) is 0 Å².